The van der Waals surface area contributed by atoms with E-state index in [9.17, 15) is 5.11 Å². The molecule has 0 aromatic heterocycles. The molecular formula is C22H30O2. The van der Waals surface area contributed by atoms with E-state index >= 15 is 0 Å². The Labute approximate surface area is 146 Å². The molecule has 2 rings (SSSR count). The van der Waals surface area contributed by atoms with Crippen LogP contribution in [0.1, 0.15) is 52.9 Å². The van der Waals surface area contributed by atoms with E-state index in [4.69, 9.17) is 4.74 Å². The van der Waals surface area contributed by atoms with Gasteiger partial charge < -0.3 is 9.84 Å². The van der Waals surface area contributed by atoms with Gasteiger partial charge in [0.1, 0.15) is 5.76 Å². The highest BCUT2D eigenvalue weighted by Crippen LogP contribution is 2.28. The van der Waals surface area contributed by atoms with Gasteiger partial charge in [-0.15, -0.1) is 0 Å². The van der Waals surface area contributed by atoms with Gasteiger partial charge in [-0.3, -0.25) is 0 Å². The maximum atomic E-state index is 9.56. The summed E-state index contributed by atoms with van der Waals surface area (Å²) in [6.07, 6.45) is 17.3. The Kier molecular flexibility index (Phi) is 6.72. The topological polar surface area (TPSA) is 29.5 Å². The summed E-state index contributed by atoms with van der Waals surface area (Å²) in [5.74, 6) is 2.33. The second-order valence-corrected chi connectivity index (χ2v) is 7.07. The molecule has 0 aliphatic heterocycles. The van der Waals surface area contributed by atoms with Crippen LogP contribution in [-0.2, 0) is 4.74 Å². The van der Waals surface area contributed by atoms with Gasteiger partial charge in [0.15, 0.2) is 0 Å². The molecule has 2 atom stereocenters. The normalized spacial score (nSPS) is 25.1. The van der Waals surface area contributed by atoms with Gasteiger partial charge >= 0.3 is 0 Å². The van der Waals surface area contributed by atoms with Gasteiger partial charge in [0.25, 0.3) is 0 Å². The minimum absolute atomic E-state index is 0.485. The summed E-state index contributed by atoms with van der Waals surface area (Å²) >= 11 is 0. The van der Waals surface area contributed by atoms with Gasteiger partial charge in [-0.25, -0.2) is 0 Å². The maximum Gasteiger partial charge on any atom is 0.119 e. The molecule has 0 amide bonds. The van der Waals surface area contributed by atoms with Gasteiger partial charge in [0.2, 0.25) is 0 Å². The van der Waals surface area contributed by atoms with Gasteiger partial charge in [0, 0.05) is 6.42 Å². The van der Waals surface area contributed by atoms with Crippen LogP contribution in [-0.4, -0.2) is 5.11 Å². The van der Waals surface area contributed by atoms with E-state index in [0.29, 0.717) is 23.4 Å². The van der Waals surface area contributed by atoms with Crippen molar-refractivity contribution in [3.05, 3.63) is 71.5 Å². The predicted octanol–water partition coefficient (Wildman–Crippen LogP) is 6.52. The summed E-state index contributed by atoms with van der Waals surface area (Å²) in [5.41, 5.74) is 3.70. The lowest BCUT2D eigenvalue weighted by molar-refractivity contribution is 0.363. The van der Waals surface area contributed by atoms with Crippen LogP contribution < -0.4 is 0 Å². The lowest BCUT2D eigenvalue weighted by Gasteiger charge is -2.20. The molecule has 0 heterocycles. The van der Waals surface area contributed by atoms with Crippen LogP contribution in [0.15, 0.2) is 71.5 Å². The lowest BCUT2D eigenvalue weighted by Crippen LogP contribution is -2.09. The first kappa shape index (κ1) is 18.4. The molecule has 0 fully saturated rings. The van der Waals surface area contributed by atoms with Crippen molar-refractivity contribution in [3.8, 4) is 0 Å². The van der Waals surface area contributed by atoms with Crippen molar-refractivity contribution >= 4 is 0 Å². The fourth-order valence-electron chi connectivity index (χ4n) is 3.19. The summed E-state index contributed by atoms with van der Waals surface area (Å²) < 4.78 is 5.67. The molecule has 0 aromatic rings. The fraction of sp³-hybridized carbons (Fsp3) is 0.455. The maximum absolute atomic E-state index is 9.56. The number of hydrogen-bond acceptors (Lipinski definition) is 2. The number of aliphatic hydroxyl groups is 1. The molecule has 0 spiro atoms. The molecule has 0 aromatic carbocycles. The molecule has 0 saturated heterocycles. The molecule has 2 heteroatoms. The Hall–Kier alpha value is -1.96. The molecule has 2 aliphatic rings. The minimum atomic E-state index is 0.485. The van der Waals surface area contributed by atoms with Crippen molar-refractivity contribution in [3.63, 3.8) is 0 Å². The average molecular weight is 326 g/mol. The van der Waals surface area contributed by atoms with Crippen LogP contribution >= 0.6 is 0 Å². The highest BCUT2D eigenvalue weighted by Gasteiger charge is 2.14. The second kappa shape index (κ2) is 8.77. The van der Waals surface area contributed by atoms with Crippen LogP contribution in [0, 0.1) is 11.8 Å². The van der Waals surface area contributed by atoms with E-state index in [-0.39, 0.29) is 0 Å². The zero-order valence-electron chi connectivity index (χ0n) is 15.2. The monoisotopic (exact) mass is 326 g/mol. The first-order valence-electron chi connectivity index (χ1n) is 8.90. The van der Waals surface area contributed by atoms with E-state index in [1.165, 1.54) is 29.6 Å². The molecule has 2 nitrogen and oxygen atoms in total. The zero-order valence-corrected chi connectivity index (χ0v) is 15.2. The van der Waals surface area contributed by atoms with Crippen molar-refractivity contribution in [1.29, 1.82) is 0 Å². The fourth-order valence-corrected chi connectivity index (χ4v) is 3.19. The molecular weight excluding hydrogens is 296 g/mol. The minimum Gasteiger partial charge on any atom is -0.512 e. The Morgan fingerprint density at radius 1 is 1.42 bits per heavy atom. The number of hydrogen-bond donors (Lipinski definition) is 1. The van der Waals surface area contributed by atoms with Crippen molar-refractivity contribution in [2.75, 3.05) is 0 Å². The quantitative estimate of drug-likeness (QED) is 0.342. The third kappa shape index (κ3) is 5.59. The Bertz CT molecular complexity index is 614. The lowest BCUT2D eigenvalue weighted by atomic mass is 9.85. The smallest absolute Gasteiger partial charge is 0.119 e. The predicted molar refractivity (Wildman–Crippen MR) is 101 cm³/mol. The SMILES string of the molecule is C=C(/C=C/[C@H]1C=CCC[C@H]1C)O/C=C(\C)CC1=C(C)C=C(O)CC1. The van der Waals surface area contributed by atoms with Crippen LogP contribution in [0.3, 0.4) is 0 Å². The number of aliphatic hydroxyl groups excluding tert-OH is 1. The van der Waals surface area contributed by atoms with Crippen molar-refractivity contribution in [2.45, 2.75) is 52.9 Å². The zero-order chi connectivity index (χ0) is 17.5. The van der Waals surface area contributed by atoms with Crippen LogP contribution in [0.25, 0.3) is 0 Å². The molecule has 130 valence electrons. The molecule has 0 saturated carbocycles. The Morgan fingerprint density at radius 2 is 2.21 bits per heavy atom. The molecule has 0 bridgehead atoms. The van der Waals surface area contributed by atoms with Crippen molar-refractivity contribution < 1.29 is 9.84 Å². The van der Waals surface area contributed by atoms with E-state index in [2.05, 4.69) is 45.6 Å². The average Bonchev–Trinajstić information content (AvgIpc) is 2.55. The first-order chi connectivity index (χ1) is 11.5. The molecule has 1 N–H and O–H groups in total. The number of allylic oxidation sites excluding steroid dienone is 9. The van der Waals surface area contributed by atoms with Gasteiger partial charge in [-0.05, 0) is 74.7 Å². The summed E-state index contributed by atoms with van der Waals surface area (Å²) in [6, 6.07) is 0. The van der Waals surface area contributed by atoms with Crippen LogP contribution in [0.5, 0.6) is 0 Å². The largest absolute Gasteiger partial charge is 0.512 e. The van der Waals surface area contributed by atoms with Gasteiger partial charge in [0.05, 0.1) is 12.0 Å². The standard InChI is InChI=1S/C22H30O2/c1-16(13-21-11-12-22(23)14-18(21)3)15-24-19(4)9-10-20-8-6-5-7-17(20)2/h6,8-10,14-15,17,20,23H,4-5,7,11-13H2,1-3H3/b10-9+,16-15+/t17-,20-/m1/s1. The highest BCUT2D eigenvalue weighted by molar-refractivity contribution is 5.32. The molecule has 0 unspecified atom stereocenters. The number of rotatable bonds is 6. The Balaban J connectivity index is 1.86. The summed E-state index contributed by atoms with van der Waals surface area (Å²) in [4.78, 5) is 0. The summed E-state index contributed by atoms with van der Waals surface area (Å²) in [5, 5.41) is 9.56. The number of ether oxygens (including phenoxy) is 1. The molecule has 0 radical (unpaired) electrons. The van der Waals surface area contributed by atoms with Crippen molar-refractivity contribution in [2.24, 2.45) is 11.8 Å². The second-order valence-electron chi connectivity index (χ2n) is 7.07. The summed E-state index contributed by atoms with van der Waals surface area (Å²) in [7, 11) is 0. The summed E-state index contributed by atoms with van der Waals surface area (Å²) in [6.45, 7) is 10.4. The molecule has 2 aliphatic carbocycles. The van der Waals surface area contributed by atoms with E-state index < -0.39 is 0 Å². The van der Waals surface area contributed by atoms with E-state index in [0.717, 1.165) is 19.3 Å². The van der Waals surface area contributed by atoms with Crippen LogP contribution in [0.4, 0.5) is 0 Å². The van der Waals surface area contributed by atoms with E-state index in [1.807, 2.05) is 12.2 Å². The Morgan fingerprint density at radius 3 is 2.92 bits per heavy atom. The highest BCUT2D eigenvalue weighted by atomic mass is 16.5. The van der Waals surface area contributed by atoms with Crippen LogP contribution in [0.2, 0.25) is 0 Å². The van der Waals surface area contributed by atoms with E-state index in [1.54, 1.807) is 6.26 Å². The van der Waals surface area contributed by atoms with Crippen molar-refractivity contribution in [1.82, 2.24) is 0 Å². The van der Waals surface area contributed by atoms with Gasteiger partial charge in [-0.2, -0.15) is 0 Å². The molecule has 24 heavy (non-hydrogen) atoms. The third-order valence-corrected chi connectivity index (χ3v) is 4.84. The first-order valence-corrected chi connectivity index (χ1v) is 8.90. The van der Waals surface area contributed by atoms with Gasteiger partial charge in [-0.1, -0.05) is 37.3 Å². The third-order valence-electron chi connectivity index (χ3n) is 4.84.